The Morgan fingerprint density at radius 1 is 1.35 bits per heavy atom. The van der Waals surface area contributed by atoms with E-state index >= 15 is 0 Å². The van der Waals surface area contributed by atoms with Crippen molar-refractivity contribution in [1.82, 2.24) is 4.57 Å². The van der Waals surface area contributed by atoms with Gasteiger partial charge in [0.15, 0.2) is 5.58 Å². The van der Waals surface area contributed by atoms with Crippen LogP contribution in [-0.2, 0) is 6.54 Å². The van der Waals surface area contributed by atoms with Gasteiger partial charge >= 0.3 is 5.76 Å². The highest BCUT2D eigenvalue weighted by molar-refractivity contribution is 5.73. The van der Waals surface area contributed by atoms with E-state index in [1.807, 2.05) is 25.1 Å². The zero-order valence-electron chi connectivity index (χ0n) is 12.6. The number of hydrogen-bond acceptors (Lipinski definition) is 3. The van der Waals surface area contributed by atoms with Crippen LogP contribution in [0.25, 0.3) is 11.1 Å². The third-order valence-corrected chi connectivity index (χ3v) is 3.92. The molecule has 0 aliphatic rings. The zero-order chi connectivity index (χ0) is 14.7. The van der Waals surface area contributed by atoms with Gasteiger partial charge in [0.25, 0.3) is 0 Å². The first-order valence-corrected chi connectivity index (χ1v) is 7.45. The topological polar surface area (TPSA) is 61.2 Å². The van der Waals surface area contributed by atoms with E-state index in [1.165, 1.54) is 0 Å². The number of hydrogen-bond donors (Lipinski definition) is 1. The Bertz CT molecular complexity index is 627. The van der Waals surface area contributed by atoms with E-state index in [4.69, 9.17) is 10.2 Å². The molecule has 0 bridgehead atoms. The maximum Gasteiger partial charge on any atom is 0.419 e. The van der Waals surface area contributed by atoms with Crippen LogP contribution < -0.4 is 11.5 Å². The maximum atomic E-state index is 11.8. The second-order valence-corrected chi connectivity index (χ2v) is 5.60. The lowest BCUT2D eigenvalue weighted by Gasteiger charge is -2.16. The summed E-state index contributed by atoms with van der Waals surface area (Å²) < 4.78 is 7.01. The summed E-state index contributed by atoms with van der Waals surface area (Å²) in [7, 11) is 0. The van der Waals surface area contributed by atoms with Crippen LogP contribution in [0.4, 0.5) is 0 Å². The number of aryl methyl sites for hydroxylation is 1. The molecule has 110 valence electrons. The number of benzene rings is 1. The molecule has 0 saturated heterocycles. The Hall–Kier alpha value is -1.55. The molecule has 0 amide bonds. The van der Waals surface area contributed by atoms with Gasteiger partial charge < -0.3 is 10.2 Å². The summed E-state index contributed by atoms with van der Waals surface area (Å²) >= 11 is 0. The molecule has 0 aliphatic heterocycles. The second kappa shape index (κ2) is 6.27. The van der Waals surface area contributed by atoms with Crippen molar-refractivity contribution < 1.29 is 4.42 Å². The molecule has 4 heteroatoms. The molecule has 2 aromatic rings. The van der Waals surface area contributed by atoms with Crippen LogP contribution in [0.5, 0.6) is 0 Å². The Balaban J connectivity index is 2.32. The lowest BCUT2D eigenvalue weighted by molar-refractivity contribution is 0.461. The van der Waals surface area contributed by atoms with Gasteiger partial charge in [-0.25, -0.2) is 4.79 Å². The van der Waals surface area contributed by atoms with E-state index in [1.54, 1.807) is 4.57 Å². The normalized spacial score (nSPS) is 14.6. The number of fused-ring (bicyclic) bond motifs is 1. The first kappa shape index (κ1) is 14.9. The molecule has 20 heavy (non-hydrogen) atoms. The van der Waals surface area contributed by atoms with Crippen molar-refractivity contribution in [2.24, 2.45) is 11.7 Å². The molecule has 2 atom stereocenters. The summed E-state index contributed by atoms with van der Waals surface area (Å²) in [5.41, 5.74) is 8.77. The molecule has 2 rings (SSSR count). The first-order valence-electron chi connectivity index (χ1n) is 7.45. The number of nitrogens with two attached hydrogens (primary N) is 1. The Morgan fingerprint density at radius 2 is 2.10 bits per heavy atom. The van der Waals surface area contributed by atoms with Crippen LogP contribution >= 0.6 is 0 Å². The lowest BCUT2D eigenvalue weighted by Crippen LogP contribution is -2.14. The van der Waals surface area contributed by atoms with Crippen molar-refractivity contribution in [3.05, 3.63) is 34.3 Å². The van der Waals surface area contributed by atoms with Crippen LogP contribution in [-0.4, -0.2) is 4.57 Å². The van der Waals surface area contributed by atoms with Gasteiger partial charge in [0.2, 0.25) is 0 Å². The van der Waals surface area contributed by atoms with Crippen molar-refractivity contribution >= 4 is 11.1 Å². The first-order chi connectivity index (χ1) is 9.56. The highest BCUT2D eigenvalue weighted by atomic mass is 16.4. The number of rotatable bonds is 6. The van der Waals surface area contributed by atoms with Gasteiger partial charge in [0, 0.05) is 12.6 Å². The van der Waals surface area contributed by atoms with Gasteiger partial charge in [0.05, 0.1) is 5.52 Å². The van der Waals surface area contributed by atoms with E-state index in [-0.39, 0.29) is 11.8 Å². The molecule has 0 aliphatic carbocycles. The highest BCUT2D eigenvalue weighted by Gasteiger charge is 2.14. The van der Waals surface area contributed by atoms with Crippen molar-refractivity contribution in [3.8, 4) is 0 Å². The van der Waals surface area contributed by atoms with Gasteiger partial charge in [-0.05, 0) is 36.5 Å². The van der Waals surface area contributed by atoms with Gasteiger partial charge in [-0.3, -0.25) is 4.57 Å². The van der Waals surface area contributed by atoms with Crippen LogP contribution in [0.2, 0.25) is 0 Å². The second-order valence-electron chi connectivity index (χ2n) is 5.60. The fourth-order valence-corrected chi connectivity index (χ4v) is 2.49. The van der Waals surface area contributed by atoms with E-state index in [9.17, 15) is 4.79 Å². The van der Waals surface area contributed by atoms with Crippen LogP contribution in [0, 0.1) is 5.92 Å². The quantitative estimate of drug-likeness (QED) is 0.879. The summed E-state index contributed by atoms with van der Waals surface area (Å²) in [6.07, 6.45) is 2.98. The van der Waals surface area contributed by atoms with Crippen molar-refractivity contribution in [3.63, 3.8) is 0 Å². The van der Waals surface area contributed by atoms with Crippen molar-refractivity contribution in [2.45, 2.75) is 52.6 Å². The predicted octanol–water partition coefficient (Wildman–Crippen LogP) is 3.44. The molecular formula is C16H24N2O2. The monoisotopic (exact) mass is 276 g/mol. The fraction of sp³-hybridized carbons (Fsp3) is 0.562. The number of nitrogens with zero attached hydrogens (tertiary/aromatic N) is 1. The molecule has 0 fully saturated rings. The molecular weight excluding hydrogens is 252 g/mol. The minimum Gasteiger partial charge on any atom is -0.408 e. The molecule has 2 unspecified atom stereocenters. The van der Waals surface area contributed by atoms with Gasteiger partial charge in [0.1, 0.15) is 0 Å². The molecule has 0 radical (unpaired) electrons. The smallest absolute Gasteiger partial charge is 0.408 e. The van der Waals surface area contributed by atoms with Crippen molar-refractivity contribution in [1.29, 1.82) is 0 Å². The summed E-state index contributed by atoms with van der Waals surface area (Å²) in [6, 6.07) is 5.86. The molecule has 1 heterocycles. The number of aromatic nitrogens is 1. The molecule has 0 spiro atoms. The Morgan fingerprint density at radius 3 is 2.75 bits per heavy atom. The van der Waals surface area contributed by atoms with Gasteiger partial charge in [-0.15, -0.1) is 0 Å². The molecule has 1 aromatic carbocycles. The third-order valence-electron chi connectivity index (χ3n) is 3.92. The van der Waals surface area contributed by atoms with Crippen molar-refractivity contribution in [2.75, 3.05) is 0 Å². The Labute approximate surface area is 119 Å². The summed E-state index contributed by atoms with van der Waals surface area (Å²) in [5, 5.41) is 0. The van der Waals surface area contributed by atoms with Crippen LogP contribution in [0.3, 0.4) is 0 Å². The maximum absolute atomic E-state index is 11.8. The minimum atomic E-state index is -0.283. The lowest BCUT2D eigenvalue weighted by atomic mass is 9.95. The van der Waals surface area contributed by atoms with E-state index < -0.39 is 0 Å². The summed E-state index contributed by atoms with van der Waals surface area (Å²) in [6.45, 7) is 7.10. The summed E-state index contributed by atoms with van der Waals surface area (Å²) in [5.74, 6) is 0.312. The highest BCUT2D eigenvalue weighted by Crippen LogP contribution is 2.24. The standard InChI is InChI=1S/C16H24N2O2/c1-4-8-18-14-7-6-12(10-15(14)20-16(18)19)13(17)9-11(3)5-2/h6-7,10-11,13H,4-5,8-9,17H2,1-3H3. The number of oxazole rings is 1. The fourth-order valence-electron chi connectivity index (χ4n) is 2.49. The predicted molar refractivity (Wildman–Crippen MR) is 81.8 cm³/mol. The van der Waals surface area contributed by atoms with E-state index in [2.05, 4.69) is 13.8 Å². The van der Waals surface area contributed by atoms with E-state index in [0.29, 0.717) is 18.0 Å². The largest absolute Gasteiger partial charge is 0.419 e. The molecule has 2 N–H and O–H groups in total. The third kappa shape index (κ3) is 2.96. The van der Waals surface area contributed by atoms with Gasteiger partial charge in [-0.1, -0.05) is 33.3 Å². The van der Waals surface area contributed by atoms with E-state index in [0.717, 1.165) is 30.3 Å². The Kier molecular flexibility index (Phi) is 4.65. The molecule has 1 aromatic heterocycles. The average molecular weight is 276 g/mol. The van der Waals surface area contributed by atoms with Gasteiger partial charge in [-0.2, -0.15) is 0 Å². The minimum absolute atomic E-state index is 0.00539. The molecule has 4 nitrogen and oxygen atoms in total. The average Bonchev–Trinajstić information content (AvgIpc) is 2.74. The van der Waals surface area contributed by atoms with Crippen LogP contribution in [0.15, 0.2) is 27.4 Å². The summed E-state index contributed by atoms with van der Waals surface area (Å²) in [4.78, 5) is 11.8. The molecule has 0 saturated carbocycles. The SMILES string of the molecule is CCCn1c(=O)oc2cc(C(N)CC(C)CC)ccc21. The van der Waals surface area contributed by atoms with Crippen LogP contribution in [0.1, 0.15) is 51.6 Å². The zero-order valence-corrected chi connectivity index (χ0v) is 12.6.